The van der Waals surface area contributed by atoms with Gasteiger partial charge in [0, 0.05) is 5.92 Å². The zero-order valence-electron chi connectivity index (χ0n) is 21.6. The van der Waals surface area contributed by atoms with Crippen LogP contribution in [0.2, 0.25) is 0 Å². The van der Waals surface area contributed by atoms with E-state index in [0.29, 0.717) is 11.8 Å². The lowest BCUT2D eigenvalue weighted by molar-refractivity contribution is 0.632. The van der Waals surface area contributed by atoms with Crippen molar-refractivity contribution in [3.05, 3.63) is 161 Å². The quantitative estimate of drug-likeness (QED) is 0.242. The molecule has 9 rings (SSSR count). The van der Waals surface area contributed by atoms with Gasteiger partial charge in [-0.05, 0) is 81.3 Å². The van der Waals surface area contributed by atoms with E-state index in [0.717, 1.165) is 19.3 Å². The molecule has 2 atom stereocenters. The molecular weight excluding hydrogens is 444 g/mol. The summed E-state index contributed by atoms with van der Waals surface area (Å²) in [5.41, 5.74) is 9.63. The van der Waals surface area contributed by atoms with Crippen molar-refractivity contribution in [3.63, 3.8) is 0 Å². The third-order valence-corrected chi connectivity index (χ3v) is 8.04. The van der Waals surface area contributed by atoms with E-state index < -0.39 is 0 Å². The standard InChI is InChI=1S/C37H34/c1-27-25-33(26-37(30-12-4-2-5-13-30)31-14-6-3-7-15-31)29-21-19-28(20-22-29)11-10-16-32-23-24-34(27)36-18-9-8-17-35(32)36/h2-9,12-15,17-24,26-27,33H,10-11,16,25H2,1H3/t27-,33+/m1/s1. The molecule has 0 saturated heterocycles. The third-order valence-electron chi connectivity index (χ3n) is 8.04. The van der Waals surface area contributed by atoms with Crippen molar-refractivity contribution in [1.82, 2.24) is 0 Å². The predicted molar refractivity (Wildman–Crippen MR) is 158 cm³/mol. The fourth-order valence-electron chi connectivity index (χ4n) is 6.05. The highest BCUT2D eigenvalue weighted by Gasteiger charge is 2.20. The van der Waals surface area contributed by atoms with E-state index >= 15 is 0 Å². The summed E-state index contributed by atoms with van der Waals surface area (Å²) in [6.45, 7) is 2.41. The van der Waals surface area contributed by atoms with Crippen LogP contribution >= 0.6 is 0 Å². The first-order valence-electron chi connectivity index (χ1n) is 13.7. The van der Waals surface area contributed by atoms with Crippen LogP contribution in [-0.4, -0.2) is 0 Å². The highest BCUT2D eigenvalue weighted by atomic mass is 14.2. The molecule has 0 nitrogen and oxygen atoms in total. The first-order chi connectivity index (χ1) is 18.3. The van der Waals surface area contributed by atoms with Gasteiger partial charge in [-0.15, -0.1) is 0 Å². The van der Waals surface area contributed by atoms with Crippen LogP contribution in [0.4, 0.5) is 0 Å². The summed E-state index contributed by atoms with van der Waals surface area (Å²) in [4.78, 5) is 0. The molecule has 0 N–H and O–H groups in total. The summed E-state index contributed by atoms with van der Waals surface area (Å²) in [5, 5.41) is 2.85. The average molecular weight is 479 g/mol. The first kappa shape index (κ1) is 23.5. The van der Waals surface area contributed by atoms with Gasteiger partial charge in [0.15, 0.2) is 0 Å². The number of aryl methyl sites for hydroxylation is 2. The minimum atomic E-state index is 0.306. The maximum atomic E-state index is 2.53. The van der Waals surface area contributed by atoms with E-state index in [-0.39, 0.29) is 0 Å². The zero-order valence-corrected chi connectivity index (χ0v) is 21.6. The summed E-state index contributed by atoms with van der Waals surface area (Å²) in [6.07, 6.45) is 7.00. The van der Waals surface area contributed by atoms with Crippen molar-refractivity contribution < 1.29 is 0 Å². The van der Waals surface area contributed by atoms with Crippen molar-refractivity contribution in [3.8, 4) is 0 Å². The van der Waals surface area contributed by atoms with Gasteiger partial charge >= 0.3 is 0 Å². The van der Waals surface area contributed by atoms with E-state index in [1.807, 2.05) is 0 Å². The van der Waals surface area contributed by atoms with Crippen molar-refractivity contribution >= 4 is 16.3 Å². The topological polar surface area (TPSA) is 0 Å². The van der Waals surface area contributed by atoms with Gasteiger partial charge in [-0.25, -0.2) is 0 Å². The van der Waals surface area contributed by atoms with Crippen LogP contribution in [0.5, 0.6) is 0 Å². The molecule has 0 radical (unpaired) electrons. The smallest absolute Gasteiger partial charge is 0.00331 e. The molecule has 4 bridgehead atoms. The van der Waals surface area contributed by atoms with E-state index in [1.165, 1.54) is 56.1 Å². The fraction of sp³-hybridized carbons (Fsp3) is 0.189. The summed E-state index contributed by atoms with van der Waals surface area (Å²) in [5.74, 6) is 0.733. The molecule has 0 aliphatic heterocycles. The normalized spacial score (nSPS) is 17.4. The Kier molecular flexibility index (Phi) is 6.74. The Labute approximate surface area is 221 Å². The van der Waals surface area contributed by atoms with Gasteiger partial charge in [0.2, 0.25) is 0 Å². The summed E-state index contributed by atoms with van der Waals surface area (Å²) >= 11 is 0. The van der Waals surface area contributed by atoms with E-state index in [4.69, 9.17) is 0 Å². The van der Waals surface area contributed by atoms with Crippen molar-refractivity contribution in [2.45, 2.75) is 44.4 Å². The summed E-state index contributed by atoms with van der Waals surface area (Å²) in [6, 6.07) is 45.0. The Hall–Kier alpha value is -3.90. The van der Waals surface area contributed by atoms with Gasteiger partial charge in [0.25, 0.3) is 0 Å². The highest BCUT2D eigenvalue weighted by Crippen LogP contribution is 2.38. The van der Waals surface area contributed by atoms with Crippen LogP contribution < -0.4 is 0 Å². The third kappa shape index (κ3) is 5.02. The number of hydrogen-bond acceptors (Lipinski definition) is 0. The van der Waals surface area contributed by atoms with E-state index in [9.17, 15) is 0 Å². The van der Waals surface area contributed by atoms with Crippen LogP contribution in [0.25, 0.3) is 16.3 Å². The molecule has 37 heavy (non-hydrogen) atoms. The van der Waals surface area contributed by atoms with E-state index in [1.54, 1.807) is 0 Å². The molecule has 4 aliphatic carbocycles. The molecule has 182 valence electrons. The van der Waals surface area contributed by atoms with Gasteiger partial charge in [-0.1, -0.05) is 134 Å². The van der Waals surface area contributed by atoms with Crippen molar-refractivity contribution in [2.24, 2.45) is 0 Å². The van der Waals surface area contributed by atoms with Crippen molar-refractivity contribution in [2.75, 3.05) is 0 Å². The SMILES string of the molecule is C[C@@H]1C[C@@H](C=C(c2ccccc2)c2ccccc2)c2ccc(cc2)CCCc2ccc1c1ccccc21. The lowest BCUT2D eigenvalue weighted by Crippen LogP contribution is -2.06. The first-order valence-corrected chi connectivity index (χ1v) is 13.7. The largest absolute Gasteiger partial charge is 0.0685 e. The Morgan fingerprint density at radius 3 is 1.92 bits per heavy atom. The molecule has 0 fully saturated rings. The number of rotatable bonds is 3. The monoisotopic (exact) mass is 478 g/mol. The average Bonchev–Trinajstić information content (AvgIpc) is 2.96. The van der Waals surface area contributed by atoms with Gasteiger partial charge < -0.3 is 0 Å². The number of allylic oxidation sites excluding steroid dienone is 1. The van der Waals surface area contributed by atoms with Crippen LogP contribution in [0.15, 0.2) is 127 Å². The molecule has 0 heteroatoms. The molecule has 4 aliphatic rings. The van der Waals surface area contributed by atoms with Crippen LogP contribution in [0.1, 0.15) is 65.0 Å². The highest BCUT2D eigenvalue weighted by molar-refractivity contribution is 5.89. The van der Waals surface area contributed by atoms with Crippen molar-refractivity contribution in [1.29, 1.82) is 0 Å². The Bertz CT molecular complexity index is 1470. The molecule has 5 aromatic rings. The number of hydrogen-bond donors (Lipinski definition) is 0. The zero-order chi connectivity index (χ0) is 25.0. The fourth-order valence-corrected chi connectivity index (χ4v) is 6.05. The molecule has 0 spiro atoms. The minimum Gasteiger partial charge on any atom is -0.0685 e. The lowest BCUT2D eigenvalue weighted by Gasteiger charge is -2.24. The van der Waals surface area contributed by atoms with E-state index in [2.05, 4.69) is 134 Å². The van der Waals surface area contributed by atoms with Gasteiger partial charge in [0.05, 0.1) is 0 Å². The second-order valence-corrected chi connectivity index (χ2v) is 10.5. The second-order valence-electron chi connectivity index (χ2n) is 10.5. The number of benzene rings is 5. The van der Waals surface area contributed by atoms with Gasteiger partial charge in [0.1, 0.15) is 0 Å². The summed E-state index contributed by atoms with van der Waals surface area (Å²) in [7, 11) is 0. The van der Waals surface area contributed by atoms with Crippen LogP contribution in [-0.2, 0) is 12.8 Å². The van der Waals surface area contributed by atoms with Crippen LogP contribution in [0.3, 0.4) is 0 Å². The summed E-state index contributed by atoms with van der Waals surface area (Å²) < 4.78 is 0. The maximum Gasteiger partial charge on any atom is 0.00331 e. The predicted octanol–water partition coefficient (Wildman–Crippen LogP) is 9.74. The molecule has 0 amide bonds. The minimum absolute atomic E-state index is 0.306. The second kappa shape index (κ2) is 10.6. The molecule has 0 unspecified atom stereocenters. The Balaban J connectivity index is 1.50. The molecular formula is C37H34. The molecule has 5 aromatic carbocycles. The Morgan fingerprint density at radius 1 is 0.622 bits per heavy atom. The maximum absolute atomic E-state index is 2.53. The molecule has 0 aromatic heterocycles. The van der Waals surface area contributed by atoms with Gasteiger partial charge in [-0.2, -0.15) is 0 Å². The van der Waals surface area contributed by atoms with Crippen LogP contribution in [0, 0.1) is 0 Å². The lowest BCUT2D eigenvalue weighted by atomic mass is 9.81. The van der Waals surface area contributed by atoms with Gasteiger partial charge in [-0.3, -0.25) is 0 Å². The molecule has 0 heterocycles. The molecule has 0 saturated carbocycles. The Morgan fingerprint density at radius 2 is 1.24 bits per heavy atom.